The summed E-state index contributed by atoms with van der Waals surface area (Å²) in [4.78, 5) is 12.1. The van der Waals surface area contributed by atoms with Crippen LogP contribution in [0.5, 0.6) is 0 Å². The highest BCUT2D eigenvalue weighted by atomic mass is 19.4. The van der Waals surface area contributed by atoms with Crippen molar-refractivity contribution in [1.82, 2.24) is 5.32 Å². The third kappa shape index (κ3) is 4.46. The van der Waals surface area contributed by atoms with E-state index in [0.29, 0.717) is 5.56 Å². The number of carbonyl (C=O) groups excluding carboxylic acids is 1. The van der Waals surface area contributed by atoms with E-state index in [2.05, 4.69) is 17.4 Å². The van der Waals surface area contributed by atoms with E-state index in [1.165, 1.54) is 18.2 Å². The van der Waals surface area contributed by atoms with Gasteiger partial charge in [0, 0.05) is 18.2 Å². The summed E-state index contributed by atoms with van der Waals surface area (Å²) < 4.78 is 44.3. The number of alkyl halides is 3. The lowest BCUT2D eigenvalue weighted by atomic mass is 9.98. The van der Waals surface area contributed by atoms with E-state index in [1.807, 2.05) is 36.4 Å². The maximum Gasteiger partial charge on any atom is 0.418 e. The van der Waals surface area contributed by atoms with Crippen molar-refractivity contribution < 1.29 is 22.7 Å². The molecule has 1 aliphatic carbocycles. The number of hydrogen-bond donors (Lipinski definition) is 2. The largest absolute Gasteiger partial charge is 0.449 e. The van der Waals surface area contributed by atoms with Gasteiger partial charge in [-0.15, -0.1) is 0 Å². The third-order valence-electron chi connectivity index (χ3n) is 5.40. The average Bonchev–Trinajstić information content (AvgIpc) is 3.09. The molecule has 0 aliphatic heterocycles. The molecule has 0 atom stereocenters. The first-order valence-corrected chi connectivity index (χ1v) is 10.1. The van der Waals surface area contributed by atoms with Crippen LogP contribution in [0.3, 0.4) is 0 Å². The number of alkyl carbamates (subject to hydrolysis) is 1. The number of ether oxygens (including phenoxy) is 1. The third-order valence-corrected chi connectivity index (χ3v) is 5.40. The molecule has 1 amide bonds. The number of nitrogen functional groups attached to an aromatic ring is 1. The van der Waals surface area contributed by atoms with E-state index in [0.717, 1.165) is 28.3 Å². The standard InChI is InChI=1S/C25H21F3N2O2/c26-25(27,28)22-14-16(11-12-23(22)29)6-5-13-30-24(31)32-15-21-19-9-3-1-7-17(19)18-8-2-4-10-20(18)21/h1-12,14,21H,13,15,29H2,(H,30,31). The Kier molecular flexibility index (Phi) is 5.90. The average molecular weight is 438 g/mol. The number of fused-ring (bicyclic) bond motifs is 3. The predicted octanol–water partition coefficient (Wildman–Crippen LogP) is 5.84. The Bertz CT molecular complexity index is 1130. The molecule has 0 aromatic heterocycles. The first-order valence-electron chi connectivity index (χ1n) is 10.1. The van der Waals surface area contributed by atoms with Gasteiger partial charge in [0.25, 0.3) is 0 Å². The predicted molar refractivity (Wildman–Crippen MR) is 118 cm³/mol. The van der Waals surface area contributed by atoms with Crippen LogP contribution in [0.15, 0.2) is 72.8 Å². The summed E-state index contributed by atoms with van der Waals surface area (Å²) in [7, 11) is 0. The highest BCUT2D eigenvalue weighted by molar-refractivity contribution is 5.79. The Hall–Kier alpha value is -3.74. The Balaban J connectivity index is 1.33. The molecule has 7 heteroatoms. The van der Waals surface area contributed by atoms with E-state index < -0.39 is 17.8 Å². The van der Waals surface area contributed by atoms with Gasteiger partial charge < -0.3 is 15.8 Å². The summed E-state index contributed by atoms with van der Waals surface area (Å²) in [6, 6.07) is 19.7. The van der Waals surface area contributed by atoms with Gasteiger partial charge in [-0.05, 0) is 39.9 Å². The zero-order valence-corrected chi connectivity index (χ0v) is 17.0. The van der Waals surface area contributed by atoms with Crippen LogP contribution in [0.1, 0.15) is 28.2 Å². The molecule has 32 heavy (non-hydrogen) atoms. The summed E-state index contributed by atoms with van der Waals surface area (Å²) in [6.07, 6.45) is -2.08. The number of nitrogens with one attached hydrogen (secondary N) is 1. The van der Waals surface area contributed by atoms with Crippen molar-refractivity contribution in [2.24, 2.45) is 0 Å². The van der Waals surface area contributed by atoms with E-state index in [1.54, 1.807) is 6.08 Å². The molecule has 0 heterocycles. The van der Waals surface area contributed by atoms with Gasteiger partial charge in [0.15, 0.2) is 0 Å². The van der Waals surface area contributed by atoms with Gasteiger partial charge >= 0.3 is 12.3 Å². The van der Waals surface area contributed by atoms with E-state index in [9.17, 15) is 18.0 Å². The van der Waals surface area contributed by atoms with Crippen LogP contribution in [-0.4, -0.2) is 19.2 Å². The van der Waals surface area contributed by atoms with Gasteiger partial charge in [0.05, 0.1) is 5.56 Å². The van der Waals surface area contributed by atoms with Crippen LogP contribution in [0.4, 0.5) is 23.7 Å². The number of anilines is 1. The number of hydrogen-bond acceptors (Lipinski definition) is 3. The van der Waals surface area contributed by atoms with Crippen molar-refractivity contribution in [3.63, 3.8) is 0 Å². The Morgan fingerprint density at radius 1 is 1.00 bits per heavy atom. The second-order valence-electron chi connectivity index (χ2n) is 7.45. The van der Waals surface area contributed by atoms with Crippen molar-refractivity contribution in [2.75, 3.05) is 18.9 Å². The van der Waals surface area contributed by atoms with Gasteiger partial charge in [0.2, 0.25) is 0 Å². The molecule has 0 bridgehead atoms. The molecule has 0 fully saturated rings. The lowest BCUT2D eigenvalue weighted by Gasteiger charge is -2.14. The SMILES string of the molecule is Nc1ccc(C=CCNC(=O)OCC2c3ccccc3-c3ccccc32)cc1C(F)(F)F. The lowest BCUT2D eigenvalue weighted by Crippen LogP contribution is -2.26. The number of benzene rings is 3. The molecule has 164 valence electrons. The minimum absolute atomic E-state index is 0.0424. The van der Waals surface area contributed by atoms with Gasteiger partial charge in [0.1, 0.15) is 6.61 Å². The summed E-state index contributed by atoms with van der Waals surface area (Å²) in [5, 5.41) is 2.59. The van der Waals surface area contributed by atoms with Crippen LogP contribution >= 0.6 is 0 Å². The van der Waals surface area contributed by atoms with Crippen LogP contribution in [0.2, 0.25) is 0 Å². The van der Waals surface area contributed by atoms with Gasteiger partial charge in [-0.1, -0.05) is 66.7 Å². The molecule has 0 saturated heterocycles. The topological polar surface area (TPSA) is 64.3 Å². The highest BCUT2D eigenvalue weighted by Crippen LogP contribution is 2.44. The second kappa shape index (κ2) is 8.78. The number of nitrogens with two attached hydrogens (primary N) is 1. The number of halogens is 3. The normalized spacial score (nSPS) is 13.1. The Morgan fingerprint density at radius 2 is 1.62 bits per heavy atom. The molecule has 3 aromatic rings. The molecule has 3 N–H and O–H groups in total. The van der Waals surface area contributed by atoms with E-state index >= 15 is 0 Å². The molecule has 0 radical (unpaired) electrons. The Morgan fingerprint density at radius 3 is 2.25 bits per heavy atom. The fourth-order valence-corrected chi connectivity index (χ4v) is 3.91. The fourth-order valence-electron chi connectivity index (χ4n) is 3.91. The summed E-state index contributed by atoms with van der Waals surface area (Å²) in [5.74, 6) is -0.0424. The molecule has 4 nitrogen and oxygen atoms in total. The van der Waals surface area contributed by atoms with Crippen molar-refractivity contribution in [3.05, 3.63) is 95.1 Å². The molecule has 1 aliphatic rings. The lowest BCUT2D eigenvalue weighted by molar-refractivity contribution is -0.136. The zero-order valence-electron chi connectivity index (χ0n) is 17.0. The summed E-state index contributed by atoms with van der Waals surface area (Å²) >= 11 is 0. The maximum atomic E-state index is 12.9. The minimum atomic E-state index is -4.52. The number of rotatable bonds is 5. The highest BCUT2D eigenvalue weighted by Gasteiger charge is 2.33. The monoisotopic (exact) mass is 438 g/mol. The number of amides is 1. The maximum absolute atomic E-state index is 12.9. The molecule has 0 spiro atoms. The summed E-state index contributed by atoms with van der Waals surface area (Å²) in [6.45, 7) is 0.304. The quantitative estimate of drug-likeness (QED) is 0.492. The van der Waals surface area contributed by atoms with Crippen molar-refractivity contribution in [1.29, 1.82) is 0 Å². The van der Waals surface area contributed by atoms with Crippen LogP contribution < -0.4 is 11.1 Å². The Labute approximate surface area is 183 Å². The van der Waals surface area contributed by atoms with E-state index in [-0.39, 0.29) is 24.8 Å². The molecular weight excluding hydrogens is 417 g/mol. The van der Waals surface area contributed by atoms with Crippen molar-refractivity contribution >= 4 is 17.9 Å². The summed E-state index contributed by atoms with van der Waals surface area (Å²) in [5.41, 5.74) is 9.03. The van der Waals surface area contributed by atoms with Gasteiger partial charge in [-0.3, -0.25) is 0 Å². The zero-order chi connectivity index (χ0) is 22.7. The fraction of sp³-hybridized carbons (Fsp3) is 0.160. The second-order valence-corrected chi connectivity index (χ2v) is 7.45. The minimum Gasteiger partial charge on any atom is -0.449 e. The molecular formula is C25H21F3N2O2. The first kappa shape index (κ1) is 21.5. The van der Waals surface area contributed by atoms with Crippen molar-refractivity contribution in [2.45, 2.75) is 12.1 Å². The molecule has 4 rings (SSSR count). The van der Waals surface area contributed by atoms with Crippen LogP contribution in [0, 0.1) is 0 Å². The number of carbonyl (C=O) groups is 1. The first-order chi connectivity index (χ1) is 15.3. The molecule has 0 unspecified atom stereocenters. The van der Waals surface area contributed by atoms with Gasteiger partial charge in [-0.25, -0.2) is 4.79 Å². The van der Waals surface area contributed by atoms with Crippen molar-refractivity contribution in [3.8, 4) is 11.1 Å². The van der Waals surface area contributed by atoms with Crippen LogP contribution in [0.25, 0.3) is 17.2 Å². The van der Waals surface area contributed by atoms with Crippen LogP contribution in [-0.2, 0) is 10.9 Å². The smallest absolute Gasteiger partial charge is 0.418 e. The molecule has 3 aromatic carbocycles. The van der Waals surface area contributed by atoms with Gasteiger partial charge in [-0.2, -0.15) is 13.2 Å². The van der Waals surface area contributed by atoms with E-state index in [4.69, 9.17) is 10.5 Å². The molecule has 0 saturated carbocycles.